The second-order valence-electron chi connectivity index (χ2n) is 10.7. The molecule has 0 radical (unpaired) electrons. The van der Waals surface area contributed by atoms with Gasteiger partial charge in [0.1, 0.15) is 12.4 Å². The maximum Gasteiger partial charge on any atom is 0.418 e. The van der Waals surface area contributed by atoms with Crippen molar-refractivity contribution in [2.24, 2.45) is 5.41 Å². The van der Waals surface area contributed by atoms with Gasteiger partial charge in [0.15, 0.2) is 5.82 Å². The maximum atomic E-state index is 13.7. The molecule has 2 heterocycles. The van der Waals surface area contributed by atoms with E-state index in [4.69, 9.17) is 4.74 Å². The molecule has 218 valence electrons. The summed E-state index contributed by atoms with van der Waals surface area (Å²) in [5, 5.41) is 3.47. The number of alkyl halides is 6. The average molecular weight is 578 g/mol. The summed E-state index contributed by atoms with van der Waals surface area (Å²) in [6.45, 7) is 5.25. The van der Waals surface area contributed by atoms with Crippen molar-refractivity contribution in [3.05, 3.63) is 77.7 Å². The highest BCUT2D eigenvalue weighted by molar-refractivity contribution is 5.93. The lowest BCUT2D eigenvalue weighted by molar-refractivity contribution is -0.138. The van der Waals surface area contributed by atoms with Gasteiger partial charge in [0.05, 0.1) is 28.9 Å². The minimum atomic E-state index is -4.61. The first-order chi connectivity index (χ1) is 19.1. The van der Waals surface area contributed by atoms with Crippen LogP contribution in [0.25, 0.3) is 22.2 Å². The van der Waals surface area contributed by atoms with Gasteiger partial charge in [0.25, 0.3) is 0 Å². The predicted octanol–water partition coefficient (Wildman–Crippen LogP) is 7.58. The Kier molecular flexibility index (Phi) is 8.55. The number of anilines is 2. The minimum absolute atomic E-state index is 0.0100. The smallest absolute Gasteiger partial charge is 0.373 e. The number of ether oxygens (including phenoxy) is 1. The Balaban J connectivity index is 1.73. The molecule has 4 aromatic rings. The summed E-state index contributed by atoms with van der Waals surface area (Å²) in [6, 6.07) is 11.1. The van der Waals surface area contributed by atoms with Crippen molar-refractivity contribution in [1.82, 2.24) is 19.9 Å². The second-order valence-corrected chi connectivity index (χ2v) is 10.7. The summed E-state index contributed by atoms with van der Waals surface area (Å²) in [7, 11) is 3.91. The van der Waals surface area contributed by atoms with Crippen molar-refractivity contribution >= 4 is 22.4 Å². The fourth-order valence-corrected chi connectivity index (χ4v) is 4.55. The van der Waals surface area contributed by atoms with Crippen LogP contribution in [0.3, 0.4) is 0 Å². The molecule has 0 atom stereocenters. The van der Waals surface area contributed by atoms with Crippen LogP contribution in [0.15, 0.2) is 60.8 Å². The molecule has 1 N–H and O–H groups in total. The molecule has 6 nitrogen and oxygen atoms in total. The number of hydrogen-bond donors (Lipinski definition) is 1. The van der Waals surface area contributed by atoms with E-state index in [1.54, 1.807) is 6.07 Å². The molecule has 0 saturated heterocycles. The van der Waals surface area contributed by atoms with Gasteiger partial charge in [-0.25, -0.2) is 9.97 Å². The SMILES string of the molecule is CN(C)CC(C)(C)COCc1nc(Nc2ccc(C(F)(F)F)cc2)c2ccc(-c3ncccc3C(F)(F)F)cc2n1. The van der Waals surface area contributed by atoms with Crippen molar-refractivity contribution < 1.29 is 31.1 Å². The minimum Gasteiger partial charge on any atom is -0.373 e. The molecule has 0 aliphatic carbocycles. The number of rotatable bonds is 9. The van der Waals surface area contributed by atoms with Gasteiger partial charge in [-0.2, -0.15) is 26.3 Å². The van der Waals surface area contributed by atoms with Crippen molar-refractivity contribution in [1.29, 1.82) is 0 Å². The fourth-order valence-electron chi connectivity index (χ4n) is 4.55. The highest BCUT2D eigenvalue weighted by Gasteiger charge is 2.34. The molecule has 0 saturated carbocycles. The number of benzene rings is 2. The Morgan fingerprint density at radius 3 is 2.22 bits per heavy atom. The number of nitrogens with one attached hydrogen (secondary N) is 1. The van der Waals surface area contributed by atoms with E-state index < -0.39 is 23.5 Å². The third-order valence-corrected chi connectivity index (χ3v) is 6.07. The average Bonchev–Trinajstić information content (AvgIpc) is 2.87. The molecule has 41 heavy (non-hydrogen) atoms. The number of hydrogen-bond acceptors (Lipinski definition) is 6. The maximum absolute atomic E-state index is 13.7. The topological polar surface area (TPSA) is 63.2 Å². The zero-order valence-electron chi connectivity index (χ0n) is 22.9. The van der Waals surface area contributed by atoms with E-state index in [1.807, 2.05) is 32.8 Å². The van der Waals surface area contributed by atoms with E-state index in [-0.39, 0.29) is 34.9 Å². The van der Waals surface area contributed by atoms with Crippen molar-refractivity contribution in [3.8, 4) is 11.3 Å². The van der Waals surface area contributed by atoms with Gasteiger partial charge >= 0.3 is 12.4 Å². The van der Waals surface area contributed by atoms with E-state index in [0.717, 1.165) is 24.7 Å². The lowest BCUT2D eigenvalue weighted by atomic mass is 9.94. The Morgan fingerprint density at radius 1 is 0.878 bits per heavy atom. The quantitative estimate of drug-likeness (QED) is 0.207. The van der Waals surface area contributed by atoms with Crippen LogP contribution in [0.5, 0.6) is 0 Å². The summed E-state index contributed by atoms with van der Waals surface area (Å²) in [5.41, 5.74) is -1.26. The molecule has 0 fully saturated rings. The Bertz CT molecular complexity index is 1500. The fraction of sp³-hybridized carbons (Fsp3) is 0.345. The molecular formula is C29H29F6N5O. The first-order valence-electron chi connectivity index (χ1n) is 12.6. The van der Waals surface area contributed by atoms with E-state index in [0.29, 0.717) is 23.2 Å². The Morgan fingerprint density at radius 2 is 1.59 bits per heavy atom. The summed E-state index contributed by atoms with van der Waals surface area (Å²) in [5.74, 6) is 0.520. The van der Waals surface area contributed by atoms with Gasteiger partial charge in [-0.15, -0.1) is 0 Å². The number of aromatic nitrogens is 3. The van der Waals surface area contributed by atoms with E-state index in [2.05, 4.69) is 20.3 Å². The first kappa shape index (κ1) is 30.2. The predicted molar refractivity (Wildman–Crippen MR) is 144 cm³/mol. The van der Waals surface area contributed by atoms with Gasteiger partial charge in [-0.1, -0.05) is 19.9 Å². The van der Waals surface area contributed by atoms with Crippen LogP contribution in [0.4, 0.5) is 37.8 Å². The lowest BCUT2D eigenvalue weighted by Gasteiger charge is -2.27. The van der Waals surface area contributed by atoms with E-state index in [1.165, 1.54) is 36.5 Å². The van der Waals surface area contributed by atoms with Crippen LogP contribution in [-0.4, -0.2) is 47.1 Å². The van der Waals surface area contributed by atoms with Gasteiger partial charge in [0, 0.05) is 34.8 Å². The molecule has 12 heteroatoms. The standard InChI is InChI=1S/C29H29F6N5O/c1-27(2,16-40(3)4)17-41-15-24-38-23-14-18(25-22(29(33,34)35)6-5-13-36-25)7-12-21(23)26(39-24)37-20-10-8-19(9-11-20)28(30,31)32/h5-14H,15-17H2,1-4H3,(H,37,38,39). The molecule has 4 rings (SSSR count). The summed E-state index contributed by atoms with van der Waals surface area (Å²) in [4.78, 5) is 15.1. The van der Waals surface area contributed by atoms with Gasteiger partial charge in [0.2, 0.25) is 0 Å². The van der Waals surface area contributed by atoms with E-state index in [9.17, 15) is 26.3 Å². The molecule has 0 unspecified atom stereocenters. The molecule has 2 aromatic heterocycles. The Hall–Kier alpha value is -3.77. The van der Waals surface area contributed by atoms with Crippen molar-refractivity contribution in [2.75, 3.05) is 32.6 Å². The molecule has 0 spiro atoms. The highest BCUT2D eigenvalue weighted by Crippen LogP contribution is 2.37. The molecule has 0 amide bonds. The van der Waals surface area contributed by atoms with Crippen LogP contribution in [0.2, 0.25) is 0 Å². The van der Waals surface area contributed by atoms with Crippen LogP contribution in [0.1, 0.15) is 30.8 Å². The van der Waals surface area contributed by atoms with Crippen molar-refractivity contribution in [2.45, 2.75) is 32.8 Å². The molecule has 2 aromatic carbocycles. The monoisotopic (exact) mass is 577 g/mol. The normalized spacial score (nSPS) is 12.8. The number of halogens is 6. The van der Waals surface area contributed by atoms with Crippen LogP contribution in [0, 0.1) is 5.41 Å². The summed E-state index contributed by atoms with van der Waals surface area (Å²) >= 11 is 0. The van der Waals surface area contributed by atoms with Crippen molar-refractivity contribution in [3.63, 3.8) is 0 Å². The highest BCUT2D eigenvalue weighted by atomic mass is 19.4. The lowest BCUT2D eigenvalue weighted by Crippen LogP contribution is -2.32. The third kappa shape index (κ3) is 7.70. The molecule has 0 aliphatic heterocycles. The second kappa shape index (κ2) is 11.6. The number of fused-ring (bicyclic) bond motifs is 1. The van der Waals surface area contributed by atoms with E-state index >= 15 is 0 Å². The van der Waals surface area contributed by atoms with Gasteiger partial charge in [-0.05, 0) is 62.6 Å². The summed E-state index contributed by atoms with van der Waals surface area (Å²) < 4.78 is 86.0. The zero-order chi connectivity index (χ0) is 30.0. The Labute approximate surface area is 233 Å². The largest absolute Gasteiger partial charge is 0.418 e. The molecular weight excluding hydrogens is 548 g/mol. The summed E-state index contributed by atoms with van der Waals surface area (Å²) in [6.07, 6.45) is -7.82. The van der Waals surface area contributed by atoms with Crippen LogP contribution < -0.4 is 5.32 Å². The number of nitrogens with zero attached hydrogens (tertiary/aromatic N) is 4. The third-order valence-electron chi connectivity index (χ3n) is 6.07. The number of pyridine rings is 1. The van der Waals surface area contributed by atoms with Gasteiger partial charge in [-0.3, -0.25) is 4.98 Å². The van der Waals surface area contributed by atoms with Crippen LogP contribution in [-0.2, 0) is 23.7 Å². The first-order valence-corrected chi connectivity index (χ1v) is 12.6. The van der Waals surface area contributed by atoms with Gasteiger partial charge < -0.3 is 15.0 Å². The van der Waals surface area contributed by atoms with Crippen LogP contribution >= 0.6 is 0 Å². The zero-order valence-corrected chi connectivity index (χ0v) is 22.9. The molecule has 0 bridgehead atoms. The molecule has 0 aliphatic rings.